The summed E-state index contributed by atoms with van der Waals surface area (Å²) in [6, 6.07) is 8.31. The molecule has 0 aliphatic carbocycles. The highest BCUT2D eigenvalue weighted by Crippen LogP contribution is 2.17. The van der Waals surface area contributed by atoms with Crippen LogP contribution in [-0.4, -0.2) is 4.57 Å². The average molecular weight is 210 g/mol. The van der Waals surface area contributed by atoms with Gasteiger partial charge < -0.3 is 0 Å². The van der Waals surface area contributed by atoms with E-state index in [1.807, 2.05) is 12.1 Å². The van der Waals surface area contributed by atoms with E-state index in [-0.39, 0.29) is 0 Å². The van der Waals surface area contributed by atoms with Gasteiger partial charge in [0.1, 0.15) is 0 Å². The van der Waals surface area contributed by atoms with E-state index < -0.39 is 0 Å². The number of nitrogens with zero attached hydrogens (tertiary/aromatic N) is 2. The van der Waals surface area contributed by atoms with Crippen LogP contribution in [0.3, 0.4) is 0 Å². The first-order valence-corrected chi connectivity index (χ1v) is 5.34. The Morgan fingerprint density at radius 3 is 2.64 bits per heavy atom. The van der Waals surface area contributed by atoms with Crippen molar-refractivity contribution in [2.75, 3.05) is 0 Å². The molecular weight excluding hydrogens is 196 g/mol. The molecule has 0 saturated carbocycles. The van der Waals surface area contributed by atoms with Gasteiger partial charge in [0.25, 0.3) is 0 Å². The highest BCUT2D eigenvalue weighted by molar-refractivity contribution is 6.28. The van der Waals surface area contributed by atoms with Crippen molar-refractivity contribution < 1.29 is 4.57 Å². The number of rotatable bonds is 2. The Morgan fingerprint density at radius 2 is 2.00 bits per heavy atom. The number of aryl methyl sites for hydroxylation is 2. The number of para-hydroxylation sites is 2. The highest BCUT2D eigenvalue weighted by Gasteiger charge is 2.20. The zero-order valence-electron chi connectivity index (χ0n) is 8.50. The molecule has 0 amide bonds. The Hall–Kier alpha value is -1.02. The summed E-state index contributed by atoms with van der Waals surface area (Å²) in [6.45, 7) is 6.04. The molecular formula is C11H14ClN2+. The van der Waals surface area contributed by atoms with Crippen LogP contribution in [0.1, 0.15) is 13.8 Å². The predicted molar refractivity (Wildman–Crippen MR) is 58.5 cm³/mol. The van der Waals surface area contributed by atoms with Crippen LogP contribution in [0.4, 0.5) is 0 Å². The first-order chi connectivity index (χ1) is 6.79. The lowest BCUT2D eigenvalue weighted by Crippen LogP contribution is -2.32. The molecule has 0 spiro atoms. The summed E-state index contributed by atoms with van der Waals surface area (Å²) in [5.74, 6) is 0. The van der Waals surface area contributed by atoms with Crippen LogP contribution in [0.25, 0.3) is 11.0 Å². The lowest BCUT2D eigenvalue weighted by Gasteiger charge is -1.92. The lowest BCUT2D eigenvalue weighted by molar-refractivity contribution is -0.666. The number of fused-ring (bicyclic) bond motifs is 1. The van der Waals surface area contributed by atoms with Crippen LogP contribution < -0.4 is 4.57 Å². The second kappa shape index (κ2) is 3.62. The van der Waals surface area contributed by atoms with Crippen molar-refractivity contribution in [3.63, 3.8) is 0 Å². The number of hydrogen-bond acceptors (Lipinski definition) is 0. The number of aromatic nitrogens is 2. The van der Waals surface area contributed by atoms with Crippen molar-refractivity contribution in [1.82, 2.24) is 4.57 Å². The maximum absolute atomic E-state index is 6.28. The smallest absolute Gasteiger partial charge is 0.213 e. The fourth-order valence-corrected chi connectivity index (χ4v) is 2.29. The number of imidazole rings is 1. The van der Waals surface area contributed by atoms with E-state index in [1.165, 1.54) is 11.0 Å². The number of halogens is 1. The van der Waals surface area contributed by atoms with Crippen LogP contribution in [0.15, 0.2) is 24.3 Å². The van der Waals surface area contributed by atoms with Crippen molar-refractivity contribution in [3.8, 4) is 0 Å². The van der Waals surface area contributed by atoms with Crippen molar-refractivity contribution in [1.29, 1.82) is 0 Å². The highest BCUT2D eigenvalue weighted by atomic mass is 35.5. The molecule has 0 atom stereocenters. The van der Waals surface area contributed by atoms with E-state index in [4.69, 9.17) is 11.6 Å². The van der Waals surface area contributed by atoms with E-state index in [0.717, 1.165) is 18.4 Å². The normalized spacial score (nSPS) is 11.1. The Bertz CT molecular complexity index is 419. The summed E-state index contributed by atoms with van der Waals surface area (Å²) in [6.07, 6.45) is 0. The molecule has 0 radical (unpaired) electrons. The first kappa shape index (κ1) is 9.53. The minimum atomic E-state index is 0.816. The third-order valence-corrected chi connectivity index (χ3v) is 2.95. The van der Waals surface area contributed by atoms with Gasteiger partial charge in [0, 0.05) is 11.6 Å². The van der Waals surface area contributed by atoms with Gasteiger partial charge in [-0.2, -0.15) is 0 Å². The third kappa shape index (κ3) is 1.22. The monoisotopic (exact) mass is 209 g/mol. The summed E-state index contributed by atoms with van der Waals surface area (Å²) < 4.78 is 4.25. The molecule has 0 N–H and O–H groups in total. The van der Waals surface area contributed by atoms with Crippen LogP contribution in [0.5, 0.6) is 0 Å². The molecule has 0 saturated heterocycles. The molecule has 0 bridgehead atoms. The first-order valence-electron chi connectivity index (χ1n) is 4.96. The number of hydrogen-bond donors (Lipinski definition) is 0. The van der Waals surface area contributed by atoms with E-state index in [0.29, 0.717) is 0 Å². The van der Waals surface area contributed by atoms with Crippen LogP contribution in [0, 0.1) is 0 Å². The molecule has 3 heteroatoms. The zero-order valence-corrected chi connectivity index (χ0v) is 9.25. The van der Waals surface area contributed by atoms with Crippen LogP contribution in [0.2, 0.25) is 5.28 Å². The van der Waals surface area contributed by atoms with Gasteiger partial charge in [-0.05, 0) is 26.0 Å². The van der Waals surface area contributed by atoms with Gasteiger partial charge in [0.2, 0.25) is 0 Å². The largest absolute Gasteiger partial charge is 0.355 e. The van der Waals surface area contributed by atoms with Crippen LogP contribution in [-0.2, 0) is 13.1 Å². The topological polar surface area (TPSA) is 8.81 Å². The molecule has 2 aromatic rings. The predicted octanol–water partition coefficient (Wildman–Crippen LogP) is 2.62. The molecule has 0 aliphatic heterocycles. The molecule has 0 aliphatic rings. The Morgan fingerprint density at radius 1 is 1.29 bits per heavy atom. The molecule has 1 aromatic heterocycles. The van der Waals surface area contributed by atoms with Crippen LogP contribution >= 0.6 is 11.6 Å². The van der Waals surface area contributed by atoms with Gasteiger partial charge in [-0.3, -0.25) is 0 Å². The standard InChI is InChI=1S/C11H14ClN2/c1-3-13-9-7-5-6-8-10(9)14(4-2)11(13)12/h5-8H,3-4H2,1-2H3/q+1. The van der Waals surface area contributed by atoms with Gasteiger partial charge >= 0.3 is 5.28 Å². The van der Waals surface area contributed by atoms with Gasteiger partial charge in [0.15, 0.2) is 11.0 Å². The molecule has 1 aromatic carbocycles. The Kier molecular flexibility index (Phi) is 2.46. The molecule has 74 valence electrons. The zero-order chi connectivity index (χ0) is 10.1. The van der Waals surface area contributed by atoms with Gasteiger partial charge in [-0.1, -0.05) is 12.1 Å². The molecule has 1 heterocycles. The molecule has 0 unspecified atom stereocenters. The Balaban J connectivity index is 2.85. The van der Waals surface area contributed by atoms with Crippen molar-refractivity contribution >= 4 is 22.6 Å². The second-order valence-electron chi connectivity index (χ2n) is 3.25. The fraction of sp³-hybridized carbons (Fsp3) is 0.364. The maximum Gasteiger partial charge on any atom is 0.355 e. The van der Waals surface area contributed by atoms with Gasteiger partial charge in [-0.15, -0.1) is 0 Å². The summed E-state index contributed by atoms with van der Waals surface area (Å²) in [4.78, 5) is 0. The average Bonchev–Trinajstić information content (AvgIpc) is 2.49. The summed E-state index contributed by atoms with van der Waals surface area (Å²) >= 11 is 6.28. The maximum atomic E-state index is 6.28. The lowest BCUT2D eigenvalue weighted by atomic mass is 10.3. The third-order valence-electron chi connectivity index (χ3n) is 2.54. The van der Waals surface area contributed by atoms with Crippen molar-refractivity contribution in [2.24, 2.45) is 0 Å². The summed E-state index contributed by atoms with van der Waals surface area (Å²) in [5, 5.41) is 0.816. The van der Waals surface area contributed by atoms with Crippen molar-refractivity contribution in [2.45, 2.75) is 26.9 Å². The van der Waals surface area contributed by atoms with Gasteiger partial charge in [-0.25, -0.2) is 9.13 Å². The summed E-state index contributed by atoms with van der Waals surface area (Å²) in [7, 11) is 0. The quantitative estimate of drug-likeness (QED) is 0.673. The summed E-state index contributed by atoms with van der Waals surface area (Å²) in [5.41, 5.74) is 2.42. The van der Waals surface area contributed by atoms with E-state index in [2.05, 4.69) is 35.1 Å². The Labute approximate surface area is 88.7 Å². The minimum absolute atomic E-state index is 0.816. The van der Waals surface area contributed by atoms with E-state index in [9.17, 15) is 0 Å². The SMILES string of the molecule is CCn1c(Cl)[n+](CC)c2ccccc21. The fourth-order valence-electron chi connectivity index (χ4n) is 1.87. The molecule has 14 heavy (non-hydrogen) atoms. The van der Waals surface area contributed by atoms with E-state index >= 15 is 0 Å². The number of benzene rings is 1. The second-order valence-corrected chi connectivity index (χ2v) is 3.58. The molecule has 0 fully saturated rings. The van der Waals surface area contributed by atoms with Crippen molar-refractivity contribution in [3.05, 3.63) is 29.5 Å². The van der Waals surface area contributed by atoms with E-state index in [1.54, 1.807) is 0 Å². The molecule has 2 nitrogen and oxygen atoms in total. The minimum Gasteiger partial charge on any atom is -0.213 e. The van der Waals surface area contributed by atoms with Gasteiger partial charge in [0.05, 0.1) is 13.1 Å². The molecule has 2 rings (SSSR count).